The highest BCUT2D eigenvalue weighted by Crippen LogP contribution is 2.23. The molecule has 3 rings (SSSR count). The lowest BCUT2D eigenvalue weighted by atomic mass is 10.1. The molecule has 0 saturated carbocycles. The van der Waals surface area contributed by atoms with Gasteiger partial charge in [0.2, 0.25) is 10.0 Å². The summed E-state index contributed by atoms with van der Waals surface area (Å²) in [5, 5.41) is 0. The molecule has 2 amide bonds. The van der Waals surface area contributed by atoms with Gasteiger partial charge in [0.1, 0.15) is 5.82 Å². The van der Waals surface area contributed by atoms with E-state index >= 15 is 0 Å². The summed E-state index contributed by atoms with van der Waals surface area (Å²) in [6.45, 7) is 0.207. The van der Waals surface area contributed by atoms with Crippen molar-refractivity contribution >= 4 is 22.0 Å². The number of cyclic esters (lactones) is 1. The zero-order valence-electron chi connectivity index (χ0n) is 12.9. The summed E-state index contributed by atoms with van der Waals surface area (Å²) in [6, 6.07) is 5.00. The monoisotopic (exact) mass is 356 g/mol. The molecule has 130 valence electrons. The SMILES string of the molecule is O=C1COC(=O)N1C1CCN(S(=O)(=O)Cc2ccc(F)cc2)CC1. The molecule has 0 spiro atoms. The Morgan fingerprint density at radius 2 is 1.75 bits per heavy atom. The summed E-state index contributed by atoms with van der Waals surface area (Å²) in [7, 11) is -3.53. The Bertz CT molecular complexity index is 726. The van der Waals surface area contributed by atoms with Gasteiger partial charge in [0, 0.05) is 19.1 Å². The third-order valence-electron chi connectivity index (χ3n) is 4.23. The fourth-order valence-corrected chi connectivity index (χ4v) is 4.54. The number of imide groups is 1. The molecule has 0 bridgehead atoms. The molecule has 0 N–H and O–H groups in total. The summed E-state index contributed by atoms with van der Waals surface area (Å²) in [5.74, 6) is -1.01. The van der Waals surface area contributed by atoms with Crippen molar-refractivity contribution in [2.45, 2.75) is 24.6 Å². The molecule has 2 saturated heterocycles. The molecule has 0 radical (unpaired) electrons. The van der Waals surface area contributed by atoms with E-state index in [0.29, 0.717) is 18.4 Å². The summed E-state index contributed by atoms with van der Waals surface area (Å²) < 4.78 is 43.8. The Hall–Kier alpha value is -2.00. The standard InChI is InChI=1S/C15H17FN2O5S/c16-12-3-1-11(2-4-12)10-24(21,22)17-7-5-13(6-8-17)18-14(19)9-23-15(18)20/h1-4,13H,5-10H2. The summed E-state index contributed by atoms with van der Waals surface area (Å²) >= 11 is 0. The van der Waals surface area contributed by atoms with Crippen molar-refractivity contribution in [1.29, 1.82) is 0 Å². The molecule has 1 aromatic carbocycles. The Morgan fingerprint density at radius 3 is 2.29 bits per heavy atom. The average Bonchev–Trinajstić information content (AvgIpc) is 2.88. The van der Waals surface area contributed by atoms with Crippen LogP contribution in [0.1, 0.15) is 18.4 Å². The molecule has 2 heterocycles. The Labute approximate surface area is 139 Å². The van der Waals surface area contributed by atoms with E-state index < -0.39 is 21.9 Å². The van der Waals surface area contributed by atoms with E-state index in [9.17, 15) is 22.4 Å². The van der Waals surface area contributed by atoms with Gasteiger partial charge in [0.05, 0.1) is 5.75 Å². The third kappa shape index (κ3) is 3.41. The predicted molar refractivity (Wildman–Crippen MR) is 81.8 cm³/mol. The van der Waals surface area contributed by atoms with Gasteiger partial charge >= 0.3 is 6.09 Å². The van der Waals surface area contributed by atoms with E-state index in [4.69, 9.17) is 0 Å². The fraction of sp³-hybridized carbons (Fsp3) is 0.467. The number of carbonyl (C=O) groups excluding carboxylic acids is 2. The van der Waals surface area contributed by atoms with Crippen LogP contribution in [-0.4, -0.2) is 55.4 Å². The number of ether oxygens (including phenoxy) is 1. The molecule has 0 atom stereocenters. The third-order valence-corrected chi connectivity index (χ3v) is 6.08. The van der Waals surface area contributed by atoms with E-state index in [2.05, 4.69) is 4.74 Å². The number of hydrogen-bond donors (Lipinski definition) is 0. The predicted octanol–water partition coefficient (Wildman–Crippen LogP) is 1.10. The second kappa shape index (κ2) is 6.48. The van der Waals surface area contributed by atoms with E-state index in [0.717, 1.165) is 4.90 Å². The van der Waals surface area contributed by atoms with Gasteiger partial charge < -0.3 is 4.74 Å². The molecule has 2 fully saturated rings. The maximum atomic E-state index is 12.9. The number of benzene rings is 1. The Balaban J connectivity index is 1.62. The van der Waals surface area contributed by atoms with E-state index in [-0.39, 0.29) is 37.4 Å². The van der Waals surface area contributed by atoms with Crippen molar-refractivity contribution in [3.8, 4) is 0 Å². The number of piperidine rings is 1. The topological polar surface area (TPSA) is 84.0 Å². The van der Waals surface area contributed by atoms with Gasteiger partial charge in [0.25, 0.3) is 5.91 Å². The number of hydrogen-bond acceptors (Lipinski definition) is 5. The van der Waals surface area contributed by atoms with E-state index in [1.807, 2.05) is 0 Å². The highest BCUT2D eigenvalue weighted by molar-refractivity contribution is 7.88. The van der Waals surface area contributed by atoms with Crippen molar-refractivity contribution < 1.29 is 27.1 Å². The van der Waals surface area contributed by atoms with Gasteiger partial charge in [-0.25, -0.2) is 26.8 Å². The number of sulfonamides is 1. The molecular weight excluding hydrogens is 339 g/mol. The van der Waals surface area contributed by atoms with Gasteiger partial charge in [-0.05, 0) is 30.5 Å². The second-order valence-corrected chi connectivity index (χ2v) is 7.80. The molecule has 0 unspecified atom stereocenters. The maximum absolute atomic E-state index is 12.9. The highest BCUT2D eigenvalue weighted by atomic mass is 32.2. The quantitative estimate of drug-likeness (QED) is 0.807. The molecule has 9 heteroatoms. The lowest BCUT2D eigenvalue weighted by molar-refractivity contribution is -0.127. The van der Waals surface area contributed by atoms with Crippen molar-refractivity contribution in [2.75, 3.05) is 19.7 Å². The van der Waals surface area contributed by atoms with Gasteiger partial charge in [0.15, 0.2) is 6.61 Å². The zero-order chi connectivity index (χ0) is 17.3. The van der Waals surface area contributed by atoms with Gasteiger partial charge in [-0.2, -0.15) is 0 Å². The van der Waals surface area contributed by atoms with Crippen LogP contribution in [0.25, 0.3) is 0 Å². The smallest absolute Gasteiger partial charge is 0.417 e. The van der Waals surface area contributed by atoms with Crippen LogP contribution in [-0.2, 0) is 25.3 Å². The molecule has 24 heavy (non-hydrogen) atoms. The normalized spacial score (nSPS) is 20.5. The number of halogens is 1. The summed E-state index contributed by atoms with van der Waals surface area (Å²) in [6.07, 6.45) is 0.0973. The molecule has 0 aliphatic carbocycles. The minimum Gasteiger partial charge on any atom is -0.439 e. The highest BCUT2D eigenvalue weighted by Gasteiger charge is 2.39. The first-order valence-corrected chi connectivity index (χ1v) is 9.19. The first-order valence-electron chi connectivity index (χ1n) is 7.58. The summed E-state index contributed by atoms with van der Waals surface area (Å²) in [4.78, 5) is 24.3. The number of nitrogens with zero attached hydrogens (tertiary/aromatic N) is 2. The van der Waals surface area contributed by atoms with Crippen LogP contribution in [0.15, 0.2) is 24.3 Å². The molecule has 7 nitrogen and oxygen atoms in total. The number of rotatable bonds is 4. The van der Waals surface area contributed by atoms with Crippen molar-refractivity contribution in [1.82, 2.24) is 9.21 Å². The van der Waals surface area contributed by atoms with E-state index in [1.54, 1.807) is 0 Å². The van der Waals surface area contributed by atoms with Crippen molar-refractivity contribution in [3.05, 3.63) is 35.6 Å². The van der Waals surface area contributed by atoms with Crippen LogP contribution in [0.3, 0.4) is 0 Å². The lowest BCUT2D eigenvalue weighted by Gasteiger charge is -2.34. The molecule has 2 aliphatic heterocycles. The first kappa shape index (κ1) is 16.8. The molecule has 1 aromatic rings. The lowest BCUT2D eigenvalue weighted by Crippen LogP contribution is -2.48. The van der Waals surface area contributed by atoms with Crippen molar-refractivity contribution in [2.24, 2.45) is 0 Å². The fourth-order valence-electron chi connectivity index (χ4n) is 2.98. The molecule has 0 aromatic heterocycles. The molecule has 2 aliphatic rings. The van der Waals surface area contributed by atoms with Gasteiger partial charge in [-0.15, -0.1) is 0 Å². The van der Waals surface area contributed by atoms with Gasteiger partial charge in [-0.1, -0.05) is 12.1 Å². The minimum absolute atomic E-state index is 0.206. The van der Waals surface area contributed by atoms with Crippen molar-refractivity contribution in [3.63, 3.8) is 0 Å². The van der Waals surface area contributed by atoms with Crippen LogP contribution in [0.2, 0.25) is 0 Å². The Morgan fingerprint density at radius 1 is 1.12 bits per heavy atom. The number of carbonyl (C=O) groups is 2. The largest absolute Gasteiger partial charge is 0.439 e. The van der Waals surface area contributed by atoms with Crippen LogP contribution in [0.5, 0.6) is 0 Å². The van der Waals surface area contributed by atoms with Crippen LogP contribution in [0.4, 0.5) is 9.18 Å². The van der Waals surface area contributed by atoms with Crippen LogP contribution >= 0.6 is 0 Å². The summed E-state index contributed by atoms with van der Waals surface area (Å²) in [5.41, 5.74) is 0.511. The molecular formula is C15H17FN2O5S. The van der Waals surface area contributed by atoms with Crippen LogP contribution in [0, 0.1) is 5.82 Å². The average molecular weight is 356 g/mol. The van der Waals surface area contributed by atoms with Crippen LogP contribution < -0.4 is 0 Å². The Kier molecular flexibility index (Phi) is 4.55. The number of amides is 2. The minimum atomic E-state index is -3.53. The zero-order valence-corrected chi connectivity index (χ0v) is 13.7. The second-order valence-electron chi connectivity index (χ2n) is 5.83. The first-order chi connectivity index (χ1) is 11.4. The maximum Gasteiger partial charge on any atom is 0.417 e. The van der Waals surface area contributed by atoms with Gasteiger partial charge in [-0.3, -0.25) is 4.79 Å². The van der Waals surface area contributed by atoms with E-state index in [1.165, 1.54) is 28.6 Å².